The molecule has 154 valence electrons. The Morgan fingerprint density at radius 1 is 1.14 bits per heavy atom. The van der Waals surface area contributed by atoms with Gasteiger partial charge >= 0.3 is 0 Å². The van der Waals surface area contributed by atoms with Crippen LogP contribution in [0.25, 0.3) is 10.2 Å². The number of rotatable bonds is 9. The van der Waals surface area contributed by atoms with E-state index >= 15 is 0 Å². The van der Waals surface area contributed by atoms with Crippen molar-refractivity contribution in [3.8, 4) is 5.75 Å². The summed E-state index contributed by atoms with van der Waals surface area (Å²) in [6, 6.07) is 13.3. The summed E-state index contributed by atoms with van der Waals surface area (Å²) in [5.41, 5.74) is 1.58. The molecule has 0 aliphatic rings. The first-order valence-corrected chi connectivity index (χ1v) is 11.3. The van der Waals surface area contributed by atoms with Crippen LogP contribution in [0.3, 0.4) is 0 Å². The quantitative estimate of drug-likeness (QED) is 0.387. The Kier molecular flexibility index (Phi) is 8.03. The molecular weight excluding hydrogens is 452 g/mol. The number of thiazole rings is 1. The van der Waals surface area contributed by atoms with Gasteiger partial charge in [0.2, 0.25) is 0 Å². The van der Waals surface area contributed by atoms with Crippen molar-refractivity contribution in [1.82, 2.24) is 4.57 Å². The van der Waals surface area contributed by atoms with Crippen LogP contribution < -0.4 is 9.54 Å². The van der Waals surface area contributed by atoms with Crippen molar-refractivity contribution in [3.63, 3.8) is 0 Å². The lowest BCUT2D eigenvalue weighted by molar-refractivity contribution is 0.0997. The van der Waals surface area contributed by atoms with E-state index in [0.29, 0.717) is 30.1 Å². The van der Waals surface area contributed by atoms with Crippen molar-refractivity contribution >= 4 is 43.4 Å². The standard InChI is InChI=1S/C22H25BrN2O3S/c1-3-4-5-13-28-18-9-6-16(7-10-18)21(26)24-22-25(12-14-27-2)19-11-8-17(23)15-20(19)29-22/h6-11,15H,3-5,12-14H2,1-2H3. The highest BCUT2D eigenvalue weighted by molar-refractivity contribution is 9.10. The number of fused-ring (bicyclic) bond motifs is 1. The van der Waals surface area contributed by atoms with Gasteiger partial charge in [0.05, 0.1) is 23.4 Å². The van der Waals surface area contributed by atoms with Crippen LogP contribution in [0.5, 0.6) is 5.75 Å². The third-order valence-electron chi connectivity index (χ3n) is 4.48. The highest BCUT2D eigenvalue weighted by atomic mass is 79.9. The molecule has 0 fully saturated rings. The highest BCUT2D eigenvalue weighted by Gasteiger charge is 2.10. The van der Waals surface area contributed by atoms with E-state index in [1.54, 1.807) is 19.2 Å². The third kappa shape index (κ3) is 5.78. The lowest BCUT2D eigenvalue weighted by atomic mass is 10.2. The Hall–Kier alpha value is -1.96. The molecule has 0 spiro atoms. The van der Waals surface area contributed by atoms with E-state index in [4.69, 9.17) is 9.47 Å². The number of aromatic nitrogens is 1. The molecule has 0 bridgehead atoms. The number of hydrogen-bond donors (Lipinski definition) is 0. The molecule has 0 N–H and O–H groups in total. The molecule has 0 atom stereocenters. The van der Waals surface area contributed by atoms with E-state index in [2.05, 4.69) is 27.8 Å². The molecule has 1 amide bonds. The van der Waals surface area contributed by atoms with E-state index in [0.717, 1.165) is 39.7 Å². The van der Waals surface area contributed by atoms with Crippen molar-refractivity contribution in [1.29, 1.82) is 0 Å². The molecule has 0 aliphatic carbocycles. The SMILES string of the molecule is CCCCCOc1ccc(C(=O)N=c2sc3cc(Br)ccc3n2CCOC)cc1. The minimum atomic E-state index is -0.265. The summed E-state index contributed by atoms with van der Waals surface area (Å²) < 4.78 is 15.0. The van der Waals surface area contributed by atoms with Gasteiger partial charge in [0, 0.05) is 23.7 Å². The van der Waals surface area contributed by atoms with Gasteiger partial charge in [-0.3, -0.25) is 4.79 Å². The first-order chi connectivity index (χ1) is 14.1. The summed E-state index contributed by atoms with van der Waals surface area (Å²) in [7, 11) is 1.67. The van der Waals surface area contributed by atoms with Crippen LogP contribution in [0.2, 0.25) is 0 Å². The van der Waals surface area contributed by atoms with Crippen molar-refractivity contribution in [2.24, 2.45) is 4.99 Å². The van der Waals surface area contributed by atoms with Crippen LogP contribution in [0, 0.1) is 0 Å². The van der Waals surface area contributed by atoms with Gasteiger partial charge in [-0.25, -0.2) is 0 Å². The number of hydrogen-bond acceptors (Lipinski definition) is 4. The maximum atomic E-state index is 12.7. The van der Waals surface area contributed by atoms with Gasteiger partial charge in [-0.2, -0.15) is 4.99 Å². The number of halogens is 1. The fraction of sp³-hybridized carbons (Fsp3) is 0.364. The van der Waals surface area contributed by atoms with Gasteiger partial charge in [-0.05, 0) is 48.9 Å². The fourth-order valence-corrected chi connectivity index (χ4v) is 4.52. The number of carbonyl (C=O) groups is 1. The number of nitrogens with zero attached hydrogens (tertiary/aromatic N) is 2. The van der Waals surface area contributed by atoms with E-state index in [1.165, 1.54) is 11.3 Å². The lowest BCUT2D eigenvalue weighted by Crippen LogP contribution is -2.19. The number of amides is 1. The zero-order chi connectivity index (χ0) is 20.6. The van der Waals surface area contributed by atoms with Crippen LogP contribution in [-0.2, 0) is 11.3 Å². The number of methoxy groups -OCH3 is 1. The highest BCUT2D eigenvalue weighted by Crippen LogP contribution is 2.22. The fourth-order valence-electron chi connectivity index (χ4n) is 2.92. The van der Waals surface area contributed by atoms with Crippen LogP contribution in [-0.4, -0.2) is 30.8 Å². The molecular formula is C22H25BrN2O3S. The average molecular weight is 477 g/mol. The topological polar surface area (TPSA) is 52.8 Å². The Morgan fingerprint density at radius 3 is 2.66 bits per heavy atom. The summed E-state index contributed by atoms with van der Waals surface area (Å²) in [5, 5.41) is 0. The number of carbonyl (C=O) groups excluding carboxylic acids is 1. The first-order valence-electron chi connectivity index (χ1n) is 9.72. The van der Waals surface area contributed by atoms with Crippen LogP contribution in [0.1, 0.15) is 36.5 Å². The molecule has 0 unspecified atom stereocenters. The molecule has 5 nitrogen and oxygen atoms in total. The smallest absolute Gasteiger partial charge is 0.279 e. The van der Waals surface area contributed by atoms with Crippen molar-refractivity contribution in [3.05, 3.63) is 57.3 Å². The van der Waals surface area contributed by atoms with Crippen molar-refractivity contribution < 1.29 is 14.3 Å². The lowest BCUT2D eigenvalue weighted by Gasteiger charge is -2.06. The van der Waals surface area contributed by atoms with Gasteiger partial charge < -0.3 is 14.0 Å². The monoisotopic (exact) mass is 476 g/mol. The second-order valence-electron chi connectivity index (χ2n) is 6.64. The average Bonchev–Trinajstić information content (AvgIpc) is 3.05. The van der Waals surface area contributed by atoms with Crippen LogP contribution >= 0.6 is 27.3 Å². The second-order valence-corrected chi connectivity index (χ2v) is 8.56. The Bertz CT molecular complexity index is 1020. The van der Waals surface area contributed by atoms with Crippen LogP contribution in [0.15, 0.2) is 51.9 Å². The predicted molar refractivity (Wildman–Crippen MR) is 121 cm³/mol. The van der Waals surface area contributed by atoms with E-state index in [-0.39, 0.29) is 5.91 Å². The molecule has 0 aliphatic heterocycles. The molecule has 3 aromatic rings. The molecule has 29 heavy (non-hydrogen) atoms. The summed E-state index contributed by atoms with van der Waals surface area (Å²) in [4.78, 5) is 17.8. The summed E-state index contributed by atoms with van der Waals surface area (Å²) in [6.45, 7) is 4.04. The zero-order valence-corrected chi connectivity index (χ0v) is 19.1. The Morgan fingerprint density at radius 2 is 1.93 bits per heavy atom. The van der Waals surface area contributed by atoms with E-state index < -0.39 is 0 Å². The summed E-state index contributed by atoms with van der Waals surface area (Å²) in [6.07, 6.45) is 3.36. The van der Waals surface area contributed by atoms with E-state index in [9.17, 15) is 4.79 Å². The minimum Gasteiger partial charge on any atom is -0.494 e. The Labute approximate surface area is 183 Å². The van der Waals surface area contributed by atoms with Gasteiger partial charge in [0.15, 0.2) is 4.80 Å². The molecule has 1 heterocycles. The van der Waals surface area contributed by atoms with E-state index in [1.807, 2.05) is 34.9 Å². The molecule has 1 aromatic heterocycles. The van der Waals surface area contributed by atoms with Gasteiger partial charge in [-0.15, -0.1) is 0 Å². The van der Waals surface area contributed by atoms with Crippen LogP contribution in [0.4, 0.5) is 0 Å². The van der Waals surface area contributed by atoms with Crippen molar-refractivity contribution in [2.45, 2.75) is 32.7 Å². The molecule has 0 saturated heterocycles. The third-order valence-corrected chi connectivity index (χ3v) is 6.01. The largest absolute Gasteiger partial charge is 0.494 e. The minimum absolute atomic E-state index is 0.265. The zero-order valence-electron chi connectivity index (χ0n) is 16.7. The van der Waals surface area contributed by atoms with Gasteiger partial charge in [0.25, 0.3) is 5.91 Å². The number of unbranched alkanes of at least 4 members (excludes halogenated alkanes) is 2. The second kappa shape index (κ2) is 10.7. The first kappa shape index (κ1) is 21.7. The summed E-state index contributed by atoms with van der Waals surface area (Å²) in [5.74, 6) is 0.513. The molecule has 3 rings (SSSR count). The maximum absolute atomic E-state index is 12.7. The Balaban J connectivity index is 1.83. The number of benzene rings is 2. The normalized spacial score (nSPS) is 11.9. The molecule has 7 heteroatoms. The maximum Gasteiger partial charge on any atom is 0.279 e. The van der Waals surface area contributed by atoms with Crippen molar-refractivity contribution in [2.75, 3.05) is 20.3 Å². The van der Waals surface area contributed by atoms with Gasteiger partial charge in [-0.1, -0.05) is 47.0 Å². The number of ether oxygens (including phenoxy) is 2. The summed E-state index contributed by atoms with van der Waals surface area (Å²) >= 11 is 5.00. The molecule has 0 saturated carbocycles. The molecule has 0 radical (unpaired) electrons. The van der Waals surface area contributed by atoms with Gasteiger partial charge in [0.1, 0.15) is 5.75 Å². The predicted octanol–water partition coefficient (Wildman–Crippen LogP) is 5.42. The molecule has 2 aromatic carbocycles.